The molecule has 0 aliphatic rings. The standard InChI is InChI=1S/C22H14O10S2/c23-19(24)11-5-1-3-7-15(11)33(31)17-9-14(22(29)30)18(10-13(17)21(27)28)34(32)16-8-4-2-6-12(16)20(25)26/h1-10H,(H,23,24)(H,25,26)(H,27,28)(H,29,30)/t33-,34-/m1/s1. The van der Waals surface area contributed by atoms with Crippen LogP contribution in [0.15, 0.2) is 80.2 Å². The Labute approximate surface area is 196 Å². The van der Waals surface area contributed by atoms with Crippen molar-refractivity contribution in [3.05, 3.63) is 82.9 Å². The second-order valence-corrected chi connectivity index (χ2v) is 9.43. The van der Waals surface area contributed by atoms with E-state index in [1.807, 2.05) is 0 Å². The van der Waals surface area contributed by atoms with Gasteiger partial charge in [0.25, 0.3) is 0 Å². The molecule has 0 aliphatic carbocycles. The van der Waals surface area contributed by atoms with Crippen molar-refractivity contribution >= 4 is 45.5 Å². The molecule has 4 N–H and O–H groups in total. The molecule has 34 heavy (non-hydrogen) atoms. The van der Waals surface area contributed by atoms with Crippen LogP contribution in [0.4, 0.5) is 0 Å². The van der Waals surface area contributed by atoms with Crippen LogP contribution in [0.25, 0.3) is 0 Å². The summed E-state index contributed by atoms with van der Waals surface area (Å²) in [6.45, 7) is 0. The van der Waals surface area contributed by atoms with E-state index in [0.29, 0.717) is 0 Å². The summed E-state index contributed by atoms with van der Waals surface area (Å²) >= 11 is 0. The highest BCUT2D eigenvalue weighted by Crippen LogP contribution is 2.31. The Kier molecular flexibility index (Phi) is 7.03. The van der Waals surface area contributed by atoms with E-state index in [4.69, 9.17) is 0 Å². The summed E-state index contributed by atoms with van der Waals surface area (Å²) in [5.41, 5.74) is -2.12. The first-order valence-corrected chi connectivity index (χ1v) is 11.5. The Morgan fingerprint density at radius 1 is 0.471 bits per heavy atom. The molecule has 0 aliphatic heterocycles. The zero-order valence-corrected chi connectivity index (χ0v) is 18.5. The number of carboxylic acid groups (broad SMARTS) is 4. The highest BCUT2D eigenvalue weighted by atomic mass is 32.2. The molecule has 3 aromatic rings. The zero-order chi connectivity index (χ0) is 25.2. The van der Waals surface area contributed by atoms with Gasteiger partial charge in [-0.3, -0.25) is 0 Å². The third-order valence-corrected chi connectivity index (χ3v) is 7.56. The van der Waals surface area contributed by atoms with Crippen LogP contribution in [-0.4, -0.2) is 52.7 Å². The van der Waals surface area contributed by atoms with Gasteiger partial charge in [-0.15, -0.1) is 0 Å². The fourth-order valence-corrected chi connectivity index (χ4v) is 5.78. The average Bonchev–Trinajstić information content (AvgIpc) is 2.82. The number of hydrogen-bond acceptors (Lipinski definition) is 6. The van der Waals surface area contributed by atoms with E-state index >= 15 is 0 Å². The lowest BCUT2D eigenvalue weighted by molar-refractivity contribution is 0.0674. The second kappa shape index (κ2) is 9.77. The van der Waals surface area contributed by atoms with Crippen LogP contribution in [0.2, 0.25) is 0 Å². The molecule has 0 heterocycles. The van der Waals surface area contributed by atoms with Crippen molar-refractivity contribution in [2.24, 2.45) is 0 Å². The number of hydrogen-bond donors (Lipinski definition) is 4. The molecule has 0 saturated carbocycles. The highest BCUT2D eigenvalue weighted by Gasteiger charge is 2.28. The number of carbonyl (C=O) groups is 4. The SMILES string of the molecule is O=C(O)c1ccccc1[S@@](=O)c1cc(C(=O)O)c([S@](=O)c2ccccc2C(=O)O)cc1C(=O)O. The zero-order valence-electron chi connectivity index (χ0n) is 16.8. The number of benzene rings is 3. The van der Waals surface area contributed by atoms with Crippen molar-refractivity contribution in [1.29, 1.82) is 0 Å². The Morgan fingerprint density at radius 3 is 1.06 bits per heavy atom. The van der Waals surface area contributed by atoms with Crippen molar-refractivity contribution in [2.75, 3.05) is 0 Å². The van der Waals surface area contributed by atoms with Gasteiger partial charge in [0.2, 0.25) is 0 Å². The van der Waals surface area contributed by atoms with Gasteiger partial charge < -0.3 is 20.4 Å². The molecular formula is C22H14O10S2. The first kappa shape index (κ1) is 24.5. The summed E-state index contributed by atoms with van der Waals surface area (Å²) in [6, 6.07) is 11.7. The minimum atomic E-state index is -2.43. The molecule has 12 heteroatoms. The topological polar surface area (TPSA) is 183 Å². The van der Waals surface area contributed by atoms with Gasteiger partial charge in [0, 0.05) is 0 Å². The summed E-state index contributed by atoms with van der Waals surface area (Å²) < 4.78 is 26.4. The third-order valence-electron chi connectivity index (χ3n) is 4.58. The molecule has 0 saturated heterocycles. The molecule has 3 rings (SSSR count). The van der Waals surface area contributed by atoms with E-state index < -0.39 is 66.4 Å². The lowest BCUT2D eigenvalue weighted by Crippen LogP contribution is -2.14. The van der Waals surface area contributed by atoms with Gasteiger partial charge in [-0.25, -0.2) is 27.6 Å². The first-order valence-electron chi connectivity index (χ1n) is 9.17. The Bertz CT molecular complexity index is 1300. The number of carboxylic acids is 4. The van der Waals surface area contributed by atoms with Crippen LogP contribution in [0, 0.1) is 0 Å². The van der Waals surface area contributed by atoms with E-state index in [-0.39, 0.29) is 20.9 Å². The Balaban J connectivity index is 2.29. The van der Waals surface area contributed by atoms with E-state index in [0.717, 1.165) is 24.3 Å². The van der Waals surface area contributed by atoms with Crippen molar-refractivity contribution in [2.45, 2.75) is 19.6 Å². The lowest BCUT2D eigenvalue weighted by Gasteiger charge is -2.14. The summed E-state index contributed by atoms with van der Waals surface area (Å²) in [5.74, 6) is -6.14. The van der Waals surface area contributed by atoms with Crippen LogP contribution in [-0.2, 0) is 21.6 Å². The maximum absolute atomic E-state index is 13.2. The normalized spacial score (nSPS) is 12.5. The minimum Gasteiger partial charge on any atom is -0.478 e. The van der Waals surface area contributed by atoms with Gasteiger partial charge in [0.1, 0.15) is 0 Å². The molecule has 2 atom stereocenters. The predicted octanol–water partition coefficient (Wildman–Crippen LogP) is 2.81. The van der Waals surface area contributed by atoms with Crippen molar-refractivity contribution < 1.29 is 48.0 Å². The van der Waals surface area contributed by atoms with Crippen molar-refractivity contribution in [3.63, 3.8) is 0 Å². The number of aromatic carboxylic acids is 4. The van der Waals surface area contributed by atoms with Gasteiger partial charge in [-0.1, -0.05) is 24.3 Å². The van der Waals surface area contributed by atoms with Crippen LogP contribution in [0.3, 0.4) is 0 Å². The van der Waals surface area contributed by atoms with Crippen LogP contribution in [0.5, 0.6) is 0 Å². The molecule has 0 aromatic heterocycles. The maximum atomic E-state index is 13.2. The summed E-state index contributed by atoms with van der Waals surface area (Å²) in [7, 11) is -4.87. The van der Waals surface area contributed by atoms with E-state index in [1.165, 1.54) is 36.4 Å². The van der Waals surface area contributed by atoms with Crippen molar-refractivity contribution in [3.8, 4) is 0 Å². The molecule has 0 radical (unpaired) electrons. The van der Waals surface area contributed by atoms with Crippen molar-refractivity contribution in [1.82, 2.24) is 0 Å². The lowest BCUT2D eigenvalue weighted by atomic mass is 10.1. The van der Waals surface area contributed by atoms with Crippen LogP contribution in [0.1, 0.15) is 41.4 Å². The molecule has 0 unspecified atom stereocenters. The summed E-state index contributed by atoms with van der Waals surface area (Å²) in [6.07, 6.45) is 0. The molecule has 10 nitrogen and oxygen atoms in total. The molecule has 0 amide bonds. The van der Waals surface area contributed by atoms with Gasteiger partial charge in [-0.2, -0.15) is 0 Å². The Hall–Kier alpha value is -4.16. The maximum Gasteiger partial charge on any atom is 0.336 e. The highest BCUT2D eigenvalue weighted by molar-refractivity contribution is 7.85. The van der Waals surface area contributed by atoms with Crippen LogP contribution < -0.4 is 0 Å². The van der Waals surface area contributed by atoms with Gasteiger partial charge in [0.05, 0.1) is 63.4 Å². The first-order chi connectivity index (χ1) is 16.0. The Morgan fingerprint density at radius 2 is 0.765 bits per heavy atom. The molecule has 0 spiro atoms. The largest absolute Gasteiger partial charge is 0.478 e. The molecule has 0 bridgehead atoms. The second-order valence-electron chi connectivity index (χ2n) is 6.59. The minimum absolute atomic E-state index is 0.265. The fraction of sp³-hybridized carbons (Fsp3) is 0. The monoisotopic (exact) mass is 502 g/mol. The quantitative estimate of drug-likeness (QED) is 0.357. The average molecular weight is 502 g/mol. The number of rotatable bonds is 8. The predicted molar refractivity (Wildman–Crippen MR) is 117 cm³/mol. The molecule has 174 valence electrons. The van der Waals surface area contributed by atoms with E-state index in [2.05, 4.69) is 0 Å². The fourth-order valence-electron chi connectivity index (χ4n) is 3.05. The van der Waals surface area contributed by atoms with E-state index in [1.54, 1.807) is 0 Å². The molecular weight excluding hydrogens is 488 g/mol. The third kappa shape index (κ3) is 4.63. The summed E-state index contributed by atoms with van der Waals surface area (Å²) in [4.78, 5) is 45.3. The van der Waals surface area contributed by atoms with Gasteiger partial charge in [-0.05, 0) is 36.4 Å². The van der Waals surface area contributed by atoms with Gasteiger partial charge in [0.15, 0.2) is 0 Å². The van der Waals surface area contributed by atoms with Gasteiger partial charge >= 0.3 is 23.9 Å². The molecule has 3 aromatic carbocycles. The molecule has 0 fully saturated rings. The smallest absolute Gasteiger partial charge is 0.336 e. The van der Waals surface area contributed by atoms with E-state index in [9.17, 15) is 48.0 Å². The summed E-state index contributed by atoms with van der Waals surface area (Å²) in [5, 5.41) is 38.1. The van der Waals surface area contributed by atoms with Crippen LogP contribution >= 0.6 is 0 Å².